The van der Waals surface area contributed by atoms with E-state index in [-0.39, 0.29) is 5.91 Å². The third kappa shape index (κ3) is 10.0. The average molecular weight is 452 g/mol. The van der Waals surface area contributed by atoms with Crippen LogP contribution in [0.3, 0.4) is 0 Å². The molecule has 0 radical (unpaired) electrons. The van der Waals surface area contributed by atoms with Gasteiger partial charge in [-0.25, -0.2) is 0 Å². The molecule has 3 heteroatoms. The maximum atomic E-state index is 12.5. The highest BCUT2D eigenvalue weighted by Crippen LogP contribution is 2.32. The lowest BCUT2D eigenvalue weighted by molar-refractivity contribution is -0.115. The van der Waals surface area contributed by atoms with E-state index < -0.39 is 0 Å². The van der Waals surface area contributed by atoms with Gasteiger partial charge in [-0.05, 0) is 48.7 Å². The van der Waals surface area contributed by atoms with Gasteiger partial charge >= 0.3 is 0 Å². The first-order valence-corrected chi connectivity index (χ1v) is 13.2. The van der Waals surface area contributed by atoms with Crippen molar-refractivity contribution in [2.75, 3.05) is 12.0 Å². The van der Waals surface area contributed by atoms with Gasteiger partial charge in [-0.2, -0.15) is 0 Å². The van der Waals surface area contributed by atoms with Gasteiger partial charge in [0.25, 0.3) is 0 Å². The zero-order valence-electron chi connectivity index (χ0n) is 21.3. The lowest BCUT2D eigenvalue weighted by atomic mass is 10.0. The van der Waals surface area contributed by atoms with E-state index in [0.717, 1.165) is 30.0 Å². The molecule has 33 heavy (non-hydrogen) atoms. The number of unbranched alkanes of at least 4 members (excludes halogenated alkanes) is 12. The van der Waals surface area contributed by atoms with Gasteiger partial charge in [0.15, 0.2) is 0 Å². The summed E-state index contributed by atoms with van der Waals surface area (Å²) in [6, 6.07) is 16.0. The van der Waals surface area contributed by atoms with Crippen LogP contribution in [0.2, 0.25) is 0 Å². The van der Waals surface area contributed by atoms with Crippen LogP contribution in [0.4, 0.5) is 11.4 Å². The summed E-state index contributed by atoms with van der Waals surface area (Å²) in [5.41, 5.74) is 3.05. The molecular formula is C30H45NO2. The number of rotatable bonds is 17. The Labute approximate surface area is 202 Å². The van der Waals surface area contributed by atoms with Crippen molar-refractivity contribution >= 4 is 17.3 Å². The van der Waals surface area contributed by atoms with Crippen molar-refractivity contribution in [1.29, 1.82) is 0 Å². The van der Waals surface area contributed by atoms with Crippen LogP contribution < -0.4 is 9.64 Å². The minimum atomic E-state index is 0.0259. The molecule has 3 nitrogen and oxygen atoms in total. The van der Waals surface area contributed by atoms with Gasteiger partial charge in [0.05, 0.1) is 12.8 Å². The molecule has 2 rings (SSSR count). The maximum absolute atomic E-state index is 12.5. The molecule has 0 N–H and O–H groups in total. The predicted molar refractivity (Wildman–Crippen MR) is 142 cm³/mol. The molecular weight excluding hydrogens is 406 g/mol. The Bertz CT molecular complexity index is 787. The monoisotopic (exact) mass is 451 g/mol. The largest absolute Gasteiger partial charge is 0.497 e. The summed E-state index contributed by atoms with van der Waals surface area (Å²) >= 11 is 0. The van der Waals surface area contributed by atoms with Gasteiger partial charge in [0.2, 0.25) is 5.91 Å². The maximum Gasteiger partial charge on any atom is 0.228 e. The van der Waals surface area contributed by atoms with Crippen LogP contribution in [0.15, 0.2) is 48.5 Å². The number of ether oxygens (including phenoxy) is 1. The Morgan fingerprint density at radius 2 is 1.30 bits per heavy atom. The molecule has 1 amide bonds. The van der Waals surface area contributed by atoms with E-state index in [9.17, 15) is 4.79 Å². The molecule has 2 aromatic carbocycles. The van der Waals surface area contributed by atoms with Crippen molar-refractivity contribution in [2.24, 2.45) is 0 Å². The van der Waals surface area contributed by atoms with Crippen LogP contribution in [0, 0.1) is 0 Å². The number of carbonyl (C=O) groups is 1. The number of anilines is 2. The number of carbonyl (C=O) groups excluding carboxylic acids is 1. The molecule has 0 atom stereocenters. The SMILES string of the molecule is CCCCCCCCCCCCCCCc1cc(OC)ccc1N(C(C)=O)c1ccccc1. The molecule has 0 heterocycles. The predicted octanol–water partition coefficient (Wildman–Crippen LogP) is 9.01. The zero-order chi connectivity index (χ0) is 23.7. The number of aryl methyl sites for hydroxylation is 1. The standard InChI is InChI=1S/C30H45NO2/c1-4-5-6-7-8-9-10-11-12-13-14-15-17-20-27-25-29(33-3)23-24-30(27)31(26(2)32)28-21-18-16-19-22-28/h16,18-19,21-25H,4-15,17,20H2,1-3H3. The van der Waals surface area contributed by atoms with Gasteiger partial charge < -0.3 is 4.74 Å². The first-order chi connectivity index (χ1) is 16.2. The molecule has 182 valence electrons. The molecule has 0 aliphatic rings. The van der Waals surface area contributed by atoms with E-state index in [1.165, 1.54) is 82.6 Å². The minimum Gasteiger partial charge on any atom is -0.497 e. The Hall–Kier alpha value is -2.29. The Kier molecular flexibility index (Phi) is 13.4. The number of hydrogen-bond acceptors (Lipinski definition) is 2. The topological polar surface area (TPSA) is 29.5 Å². The van der Waals surface area contributed by atoms with Gasteiger partial charge in [0.1, 0.15) is 5.75 Å². The summed E-state index contributed by atoms with van der Waals surface area (Å²) in [6.45, 7) is 3.91. The third-order valence-corrected chi connectivity index (χ3v) is 6.41. The third-order valence-electron chi connectivity index (χ3n) is 6.41. The molecule has 0 spiro atoms. The fraction of sp³-hybridized carbons (Fsp3) is 0.567. The summed E-state index contributed by atoms with van der Waals surface area (Å²) in [4.78, 5) is 14.4. The minimum absolute atomic E-state index is 0.0259. The highest BCUT2D eigenvalue weighted by atomic mass is 16.5. The van der Waals surface area contributed by atoms with Crippen molar-refractivity contribution in [2.45, 2.75) is 104 Å². The van der Waals surface area contributed by atoms with E-state index in [0.29, 0.717) is 0 Å². The fourth-order valence-corrected chi connectivity index (χ4v) is 4.51. The lowest BCUT2D eigenvalue weighted by Crippen LogP contribution is -2.24. The van der Waals surface area contributed by atoms with Crippen molar-refractivity contribution in [3.05, 3.63) is 54.1 Å². The number of para-hydroxylation sites is 1. The second kappa shape index (κ2) is 16.3. The van der Waals surface area contributed by atoms with Crippen molar-refractivity contribution in [3.8, 4) is 5.75 Å². The van der Waals surface area contributed by atoms with Gasteiger partial charge in [-0.15, -0.1) is 0 Å². The van der Waals surface area contributed by atoms with Crippen LogP contribution in [0.1, 0.15) is 103 Å². The highest BCUT2D eigenvalue weighted by Gasteiger charge is 2.18. The normalized spacial score (nSPS) is 10.9. The summed E-state index contributed by atoms with van der Waals surface area (Å²) in [5, 5.41) is 0. The number of nitrogens with zero attached hydrogens (tertiary/aromatic N) is 1. The van der Waals surface area contributed by atoms with Gasteiger partial charge in [0, 0.05) is 12.6 Å². The second-order valence-electron chi connectivity index (χ2n) is 9.18. The highest BCUT2D eigenvalue weighted by molar-refractivity contribution is 5.99. The Morgan fingerprint density at radius 1 is 0.758 bits per heavy atom. The molecule has 0 aliphatic carbocycles. The number of benzene rings is 2. The average Bonchev–Trinajstić information content (AvgIpc) is 2.83. The first-order valence-electron chi connectivity index (χ1n) is 13.2. The Morgan fingerprint density at radius 3 is 1.82 bits per heavy atom. The van der Waals surface area contributed by atoms with E-state index in [1.54, 1.807) is 14.0 Å². The fourth-order valence-electron chi connectivity index (χ4n) is 4.51. The van der Waals surface area contributed by atoms with Crippen LogP contribution in [-0.4, -0.2) is 13.0 Å². The number of hydrogen-bond donors (Lipinski definition) is 0. The lowest BCUT2D eigenvalue weighted by Gasteiger charge is -2.24. The summed E-state index contributed by atoms with van der Waals surface area (Å²) in [6.07, 6.45) is 18.5. The van der Waals surface area contributed by atoms with Crippen LogP contribution in [0.5, 0.6) is 5.75 Å². The molecule has 0 aliphatic heterocycles. The molecule has 2 aromatic rings. The summed E-state index contributed by atoms with van der Waals surface area (Å²) < 4.78 is 5.47. The molecule has 0 aromatic heterocycles. The van der Waals surface area contributed by atoms with Crippen molar-refractivity contribution < 1.29 is 9.53 Å². The van der Waals surface area contributed by atoms with E-state index in [4.69, 9.17) is 4.74 Å². The molecule has 0 saturated heterocycles. The van der Waals surface area contributed by atoms with Crippen LogP contribution >= 0.6 is 0 Å². The summed E-state index contributed by atoms with van der Waals surface area (Å²) in [5.74, 6) is 0.873. The Balaban J connectivity index is 1.78. The molecule has 0 fully saturated rings. The van der Waals surface area contributed by atoms with E-state index >= 15 is 0 Å². The van der Waals surface area contributed by atoms with Crippen molar-refractivity contribution in [3.63, 3.8) is 0 Å². The zero-order valence-corrected chi connectivity index (χ0v) is 21.3. The molecule has 0 bridgehead atoms. The number of methoxy groups -OCH3 is 1. The first kappa shape index (κ1) is 27.0. The second-order valence-corrected chi connectivity index (χ2v) is 9.18. The van der Waals surface area contributed by atoms with E-state index in [2.05, 4.69) is 13.0 Å². The van der Waals surface area contributed by atoms with Gasteiger partial charge in [-0.1, -0.05) is 102 Å². The quantitative estimate of drug-likeness (QED) is 0.225. The number of amides is 1. The van der Waals surface area contributed by atoms with Gasteiger partial charge in [-0.3, -0.25) is 9.69 Å². The molecule has 0 saturated carbocycles. The molecule has 0 unspecified atom stereocenters. The smallest absolute Gasteiger partial charge is 0.228 e. The van der Waals surface area contributed by atoms with Crippen LogP contribution in [0.25, 0.3) is 0 Å². The summed E-state index contributed by atoms with van der Waals surface area (Å²) in [7, 11) is 1.70. The van der Waals surface area contributed by atoms with Crippen LogP contribution in [-0.2, 0) is 11.2 Å². The van der Waals surface area contributed by atoms with Crippen molar-refractivity contribution in [1.82, 2.24) is 0 Å². The van der Waals surface area contributed by atoms with E-state index in [1.807, 2.05) is 47.4 Å².